The molecule has 1 rings (SSSR count). The molecule has 1 heterocycles. The molecule has 1 amide bonds. The van der Waals surface area contributed by atoms with Crippen LogP contribution < -0.4 is 0 Å². The van der Waals surface area contributed by atoms with Crippen LogP contribution in [-0.2, 0) is 9.59 Å². The lowest BCUT2D eigenvalue weighted by Gasteiger charge is -2.22. The fourth-order valence-electron chi connectivity index (χ4n) is 1.95. The third kappa shape index (κ3) is 2.19. The van der Waals surface area contributed by atoms with E-state index >= 15 is 0 Å². The van der Waals surface area contributed by atoms with E-state index in [0.29, 0.717) is 32.4 Å². The molecule has 1 unspecified atom stereocenters. The predicted octanol–water partition coefficient (Wildman–Crippen LogP) is 1.28. The summed E-state index contributed by atoms with van der Waals surface area (Å²) in [7, 11) is 0. The minimum Gasteiger partial charge on any atom is -0.481 e. The first-order valence-corrected chi connectivity index (χ1v) is 5.18. The van der Waals surface area contributed by atoms with Crippen molar-refractivity contribution in [1.29, 1.82) is 0 Å². The molecule has 1 N–H and O–H groups in total. The van der Waals surface area contributed by atoms with Gasteiger partial charge in [-0.15, -0.1) is 6.58 Å². The van der Waals surface area contributed by atoms with Crippen molar-refractivity contribution in [2.45, 2.75) is 26.2 Å². The van der Waals surface area contributed by atoms with Gasteiger partial charge < -0.3 is 10.0 Å². The number of rotatable bonds is 4. The molecule has 0 saturated carbocycles. The van der Waals surface area contributed by atoms with Crippen LogP contribution in [0.15, 0.2) is 12.7 Å². The van der Waals surface area contributed by atoms with Gasteiger partial charge in [0.25, 0.3) is 0 Å². The Morgan fingerprint density at radius 1 is 1.60 bits per heavy atom. The van der Waals surface area contributed by atoms with E-state index in [1.165, 1.54) is 0 Å². The summed E-state index contributed by atoms with van der Waals surface area (Å²) in [5.74, 6) is -0.819. The van der Waals surface area contributed by atoms with Gasteiger partial charge in [0.2, 0.25) is 5.91 Å². The maximum Gasteiger partial charge on any atom is 0.311 e. The topological polar surface area (TPSA) is 57.6 Å². The van der Waals surface area contributed by atoms with E-state index < -0.39 is 11.4 Å². The Morgan fingerprint density at radius 3 is 2.67 bits per heavy atom. The highest BCUT2D eigenvalue weighted by atomic mass is 16.4. The third-order valence-corrected chi connectivity index (χ3v) is 3.16. The average molecular weight is 211 g/mol. The van der Waals surface area contributed by atoms with Crippen molar-refractivity contribution < 1.29 is 14.7 Å². The van der Waals surface area contributed by atoms with Crippen molar-refractivity contribution in [1.82, 2.24) is 4.90 Å². The zero-order chi connectivity index (χ0) is 11.5. The summed E-state index contributed by atoms with van der Waals surface area (Å²) in [5.41, 5.74) is -0.725. The number of aliphatic carboxylic acids is 1. The highest BCUT2D eigenvalue weighted by molar-refractivity contribution is 5.81. The van der Waals surface area contributed by atoms with Crippen LogP contribution in [0.2, 0.25) is 0 Å². The van der Waals surface area contributed by atoms with Gasteiger partial charge in [0.15, 0.2) is 0 Å². The molecule has 1 aliphatic heterocycles. The second-order valence-corrected chi connectivity index (χ2v) is 4.00. The van der Waals surface area contributed by atoms with Gasteiger partial charge in [-0.2, -0.15) is 0 Å². The summed E-state index contributed by atoms with van der Waals surface area (Å²) < 4.78 is 0. The molecule has 1 saturated heterocycles. The molecule has 0 bridgehead atoms. The SMILES string of the molecule is C=CCC(=O)N1CCC(CC)(C(=O)O)C1. The molecule has 0 aliphatic carbocycles. The molecule has 4 heteroatoms. The smallest absolute Gasteiger partial charge is 0.311 e. The fourth-order valence-corrected chi connectivity index (χ4v) is 1.95. The molecule has 1 atom stereocenters. The largest absolute Gasteiger partial charge is 0.481 e. The van der Waals surface area contributed by atoms with E-state index in [1.54, 1.807) is 11.0 Å². The maximum atomic E-state index is 11.5. The Hall–Kier alpha value is -1.32. The number of carbonyl (C=O) groups is 2. The van der Waals surface area contributed by atoms with Crippen molar-refractivity contribution in [3.63, 3.8) is 0 Å². The second-order valence-electron chi connectivity index (χ2n) is 4.00. The zero-order valence-electron chi connectivity index (χ0n) is 9.03. The van der Waals surface area contributed by atoms with Gasteiger partial charge in [0.05, 0.1) is 5.41 Å². The van der Waals surface area contributed by atoms with Crippen LogP contribution in [0, 0.1) is 5.41 Å². The summed E-state index contributed by atoms with van der Waals surface area (Å²) in [6, 6.07) is 0. The van der Waals surface area contributed by atoms with Crippen LogP contribution in [0.3, 0.4) is 0 Å². The Balaban J connectivity index is 2.68. The number of likely N-dealkylation sites (tertiary alicyclic amines) is 1. The second kappa shape index (κ2) is 4.47. The minimum absolute atomic E-state index is 0.0263. The van der Waals surface area contributed by atoms with Gasteiger partial charge in [-0.3, -0.25) is 9.59 Å². The zero-order valence-corrected chi connectivity index (χ0v) is 9.03. The predicted molar refractivity (Wildman–Crippen MR) is 56.4 cm³/mol. The lowest BCUT2D eigenvalue weighted by atomic mass is 9.84. The van der Waals surface area contributed by atoms with Crippen LogP contribution in [0.4, 0.5) is 0 Å². The summed E-state index contributed by atoms with van der Waals surface area (Å²) in [6.45, 7) is 6.24. The monoisotopic (exact) mass is 211 g/mol. The van der Waals surface area contributed by atoms with Crippen LogP contribution in [0.1, 0.15) is 26.2 Å². The normalized spacial score (nSPS) is 25.3. The molecule has 15 heavy (non-hydrogen) atoms. The van der Waals surface area contributed by atoms with Gasteiger partial charge in [-0.05, 0) is 12.8 Å². The van der Waals surface area contributed by atoms with Gasteiger partial charge >= 0.3 is 5.97 Å². The molecular formula is C11H17NO3. The van der Waals surface area contributed by atoms with Crippen LogP contribution >= 0.6 is 0 Å². The van der Waals surface area contributed by atoms with Gasteiger partial charge in [-0.1, -0.05) is 13.0 Å². The van der Waals surface area contributed by atoms with E-state index in [4.69, 9.17) is 5.11 Å². The lowest BCUT2D eigenvalue weighted by molar-refractivity contribution is -0.148. The van der Waals surface area contributed by atoms with Crippen molar-refractivity contribution in [3.8, 4) is 0 Å². The van der Waals surface area contributed by atoms with Crippen molar-refractivity contribution >= 4 is 11.9 Å². The number of hydrogen-bond acceptors (Lipinski definition) is 2. The molecule has 1 fully saturated rings. The molecule has 0 radical (unpaired) electrons. The number of hydrogen-bond donors (Lipinski definition) is 1. The maximum absolute atomic E-state index is 11.5. The summed E-state index contributed by atoms with van der Waals surface area (Å²) in [6.07, 6.45) is 2.97. The van der Waals surface area contributed by atoms with Crippen LogP contribution in [-0.4, -0.2) is 35.0 Å². The number of carboxylic acid groups (broad SMARTS) is 1. The molecule has 1 aliphatic rings. The number of carboxylic acids is 1. The van der Waals surface area contributed by atoms with E-state index in [1.807, 2.05) is 6.92 Å². The standard InChI is InChI=1S/C11H17NO3/c1-3-5-9(13)12-7-6-11(4-2,8-12)10(14)15/h3H,1,4-8H2,2H3,(H,14,15). The highest BCUT2D eigenvalue weighted by Gasteiger charge is 2.44. The Labute approximate surface area is 89.6 Å². The van der Waals surface area contributed by atoms with E-state index in [9.17, 15) is 9.59 Å². The molecular weight excluding hydrogens is 194 g/mol. The molecule has 84 valence electrons. The van der Waals surface area contributed by atoms with Gasteiger partial charge in [0, 0.05) is 19.5 Å². The molecule has 0 spiro atoms. The van der Waals surface area contributed by atoms with Gasteiger partial charge in [-0.25, -0.2) is 0 Å². The molecule has 0 aromatic rings. The average Bonchev–Trinajstić information content (AvgIpc) is 2.63. The minimum atomic E-state index is -0.793. The number of nitrogens with zero attached hydrogens (tertiary/aromatic N) is 1. The summed E-state index contributed by atoms with van der Waals surface area (Å²) >= 11 is 0. The van der Waals surface area contributed by atoms with E-state index in [-0.39, 0.29) is 5.91 Å². The molecule has 0 aromatic carbocycles. The summed E-state index contributed by atoms with van der Waals surface area (Å²) in [4.78, 5) is 24.3. The third-order valence-electron chi connectivity index (χ3n) is 3.16. The Bertz CT molecular complexity index is 288. The van der Waals surface area contributed by atoms with Crippen LogP contribution in [0.5, 0.6) is 0 Å². The molecule has 0 aromatic heterocycles. The Morgan fingerprint density at radius 2 is 2.27 bits per heavy atom. The van der Waals surface area contributed by atoms with E-state index in [0.717, 1.165) is 0 Å². The van der Waals surface area contributed by atoms with Crippen molar-refractivity contribution in [2.75, 3.05) is 13.1 Å². The first kappa shape index (κ1) is 11.8. The first-order valence-electron chi connectivity index (χ1n) is 5.18. The fraction of sp³-hybridized carbons (Fsp3) is 0.636. The van der Waals surface area contributed by atoms with E-state index in [2.05, 4.69) is 6.58 Å². The van der Waals surface area contributed by atoms with Gasteiger partial charge in [0.1, 0.15) is 0 Å². The van der Waals surface area contributed by atoms with Crippen molar-refractivity contribution in [3.05, 3.63) is 12.7 Å². The van der Waals surface area contributed by atoms with Crippen LogP contribution in [0.25, 0.3) is 0 Å². The number of carbonyl (C=O) groups excluding carboxylic acids is 1. The lowest BCUT2D eigenvalue weighted by Crippen LogP contribution is -2.36. The first-order chi connectivity index (χ1) is 7.05. The molecule has 4 nitrogen and oxygen atoms in total. The van der Waals surface area contributed by atoms with Crippen molar-refractivity contribution in [2.24, 2.45) is 5.41 Å². The Kier molecular flexibility index (Phi) is 3.50. The quantitative estimate of drug-likeness (QED) is 0.712. The number of amides is 1. The summed E-state index contributed by atoms with van der Waals surface area (Å²) in [5, 5.41) is 9.14. The highest BCUT2D eigenvalue weighted by Crippen LogP contribution is 2.34.